The number of ether oxygens (including phenoxy) is 2. The molecule has 0 aliphatic carbocycles. The molecule has 1 aromatic carbocycles. The molecule has 1 fully saturated rings. The molecule has 0 saturated carbocycles. The first kappa shape index (κ1) is 20.7. The molecule has 8 nitrogen and oxygen atoms in total. The number of hydrogen-bond acceptors (Lipinski definition) is 7. The fourth-order valence-electron chi connectivity index (χ4n) is 3.52. The van der Waals surface area contributed by atoms with E-state index in [-0.39, 0.29) is 0 Å². The minimum absolute atomic E-state index is 0.607. The lowest BCUT2D eigenvalue weighted by atomic mass is 10.2. The number of aliphatic imine (C=N–C) groups is 1. The normalized spacial score (nSPS) is 17.1. The number of rotatable bonds is 5. The third-order valence-electron chi connectivity index (χ3n) is 5.18. The largest absolute Gasteiger partial charge is 0.490 e. The third kappa shape index (κ3) is 4.95. The fourth-order valence-corrected chi connectivity index (χ4v) is 4.33. The summed E-state index contributed by atoms with van der Waals surface area (Å²) in [6, 6.07) is 6.11. The number of benzene rings is 1. The molecule has 2 aliphatic rings. The van der Waals surface area contributed by atoms with Crippen molar-refractivity contribution in [3.63, 3.8) is 0 Å². The summed E-state index contributed by atoms with van der Waals surface area (Å²) in [6.45, 7) is 10.7. The zero-order valence-electron chi connectivity index (χ0n) is 17.8. The van der Waals surface area contributed by atoms with Crippen LogP contribution in [0.2, 0.25) is 0 Å². The molecule has 0 radical (unpaired) electrons. The molecule has 1 saturated heterocycles. The van der Waals surface area contributed by atoms with Crippen molar-refractivity contribution in [3.8, 4) is 11.5 Å². The summed E-state index contributed by atoms with van der Waals surface area (Å²) in [7, 11) is 0. The Hall–Kier alpha value is -2.55. The highest BCUT2D eigenvalue weighted by Gasteiger charge is 2.22. The van der Waals surface area contributed by atoms with Crippen LogP contribution in [0, 0.1) is 0 Å². The van der Waals surface area contributed by atoms with E-state index in [4.69, 9.17) is 14.5 Å². The van der Waals surface area contributed by atoms with Crippen molar-refractivity contribution in [2.45, 2.75) is 33.2 Å². The molecule has 1 N–H and O–H groups in total. The van der Waals surface area contributed by atoms with E-state index >= 15 is 0 Å². The van der Waals surface area contributed by atoms with Crippen molar-refractivity contribution in [2.75, 3.05) is 50.8 Å². The van der Waals surface area contributed by atoms with Crippen molar-refractivity contribution in [2.24, 2.45) is 4.99 Å². The standard InChI is InChI=1S/C21H30N6O2S/c1-3-19-24-21(30-25-19)27-10-8-26(9-11-27)20(22-4-2)23-15-16-6-7-17-18(14-16)29-13-5-12-28-17/h6-7,14H,3-5,8-13,15H2,1-2H3,(H,22,23). The first-order valence-corrected chi connectivity index (χ1v) is 11.5. The first-order chi connectivity index (χ1) is 14.8. The fraction of sp³-hybridized carbons (Fsp3) is 0.571. The summed E-state index contributed by atoms with van der Waals surface area (Å²) < 4.78 is 15.9. The molecule has 0 atom stereocenters. The van der Waals surface area contributed by atoms with E-state index in [0.717, 1.165) is 79.5 Å². The number of piperazine rings is 1. The number of hydrogen-bond donors (Lipinski definition) is 1. The van der Waals surface area contributed by atoms with Gasteiger partial charge in [0, 0.05) is 57.1 Å². The second kappa shape index (κ2) is 9.97. The van der Waals surface area contributed by atoms with Crippen molar-refractivity contribution in [1.82, 2.24) is 19.6 Å². The molecule has 2 aliphatic heterocycles. The van der Waals surface area contributed by atoms with E-state index < -0.39 is 0 Å². The van der Waals surface area contributed by atoms with Gasteiger partial charge in [0.25, 0.3) is 0 Å². The lowest BCUT2D eigenvalue weighted by Crippen LogP contribution is -2.52. The van der Waals surface area contributed by atoms with Gasteiger partial charge in [-0.3, -0.25) is 0 Å². The molecule has 9 heteroatoms. The van der Waals surface area contributed by atoms with Crippen LogP contribution in [0.15, 0.2) is 23.2 Å². The molecule has 2 aromatic rings. The van der Waals surface area contributed by atoms with Gasteiger partial charge < -0.3 is 24.6 Å². The Morgan fingerprint density at radius 3 is 2.67 bits per heavy atom. The summed E-state index contributed by atoms with van der Waals surface area (Å²) in [5.41, 5.74) is 1.12. The molecule has 0 unspecified atom stereocenters. The van der Waals surface area contributed by atoms with Crippen LogP contribution in [0.4, 0.5) is 5.13 Å². The number of fused-ring (bicyclic) bond motifs is 1. The molecule has 0 bridgehead atoms. The maximum Gasteiger partial charge on any atom is 0.205 e. The molecule has 4 rings (SSSR count). The number of aromatic nitrogens is 2. The zero-order chi connectivity index (χ0) is 20.8. The first-order valence-electron chi connectivity index (χ1n) is 10.8. The van der Waals surface area contributed by atoms with Crippen LogP contribution in [0.5, 0.6) is 11.5 Å². The molecular formula is C21H30N6O2S. The second-order valence-electron chi connectivity index (χ2n) is 7.32. The van der Waals surface area contributed by atoms with Gasteiger partial charge in [-0.25, -0.2) is 9.98 Å². The van der Waals surface area contributed by atoms with E-state index in [2.05, 4.69) is 44.4 Å². The van der Waals surface area contributed by atoms with Gasteiger partial charge in [-0.05, 0) is 24.6 Å². The van der Waals surface area contributed by atoms with Gasteiger partial charge in [0.2, 0.25) is 5.13 Å². The minimum Gasteiger partial charge on any atom is -0.490 e. The van der Waals surface area contributed by atoms with Gasteiger partial charge in [-0.1, -0.05) is 13.0 Å². The van der Waals surface area contributed by atoms with Crippen LogP contribution in [0.25, 0.3) is 0 Å². The van der Waals surface area contributed by atoms with Crippen LogP contribution < -0.4 is 19.7 Å². The maximum absolute atomic E-state index is 5.81. The topological polar surface area (TPSA) is 75.1 Å². The Morgan fingerprint density at radius 1 is 1.13 bits per heavy atom. The average molecular weight is 431 g/mol. The quantitative estimate of drug-likeness (QED) is 0.577. The summed E-state index contributed by atoms with van der Waals surface area (Å²) in [6.07, 6.45) is 1.79. The van der Waals surface area contributed by atoms with Gasteiger partial charge in [0.1, 0.15) is 5.82 Å². The Bertz CT molecular complexity index is 863. The lowest BCUT2D eigenvalue weighted by molar-refractivity contribution is 0.297. The number of guanidine groups is 1. The van der Waals surface area contributed by atoms with Crippen LogP contribution in [-0.2, 0) is 13.0 Å². The number of anilines is 1. The predicted octanol–water partition coefficient (Wildman–Crippen LogP) is 2.55. The number of nitrogens with one attached hydrogen (secondary N) is 1. The molecule has 30 heavy (non-hydrogen) atoms. The number of aryl methyl sites for hydroxylation is 1. The molecule has 1 aromatic heterocycles. The third-order valence-corrected chi connectivity index (χ3v) is 6.00. The van der Waals surface area contributed by atoms with Gasteiger partial charge in [0.15, 0.2) is 17.5 Å². The highest BCUT2D eigenvalue weighted by Crippen LogP contribution is 2.30. The van der Waals surface area contributed by atoms with Crippen LogP contribution in [-0.4, -0.2) is 66.2 Å². The van der Waals surface area contributed by atoms with Crippen LogP contribution in [0.1, 0.15) is 31.7 Å². The highest BCUT2D eigenvalue weighted by molar-refractivity contribution is 7.09. The predicted molar refractivity (Wildman–Crippen MR) is 120 cm³/mol. The monoisotopic (exact) mass is 430 g/mol. The zero-order valence-corrected chi connectivity index (χ0v) is 18.6. The van der Waals surface area contributed by atoms with E-state index in [1.54, 1.807) is 0 Å². The Balaban J connectivity index is 1.39. The molecule has 3 heterocycles. The second-order valence-corrected chi connectivity index (χ2v) is 8.05. The summed E-state index contributed by atoms with van der Waals surface area (Å²) in [5, 5.41) is 4.47. The van der Waals surface area contributed by atoms with E-state index in [0.29, 0.717) is 19.8 Å². The molecule has 0 spiro atoms. The minimum atomic E-state index is 0.607. The summed E-state index contributed by atoms with van der Waals surface area (Å²) >= 11 is 1.50. The maximum atomic E-state index is 5.81. The van der Waals surface area contributed by atoms with Gasteiger partial charge in [-0.2, -0.15) is 4.37 Å². The van der Waals surface area contributed by atoms with Crippen LogP contribution >= 0.6 is 11.5 Å². The molecule has 162 valence electrons. The summed E-state index contributed by atoms with van der Waals surface area (Å²) in [5.74, 6) is 3.53. The Labute approximate surface area is 182 Å². The van der Waals surface area contributed by atoms with Crippen molar-refractivity contribution >= 4 is 22.6 Å². The summed E-state index contributed by atoms with van der Waals surface area (Å²) in [4.78, 5) is 14.2. The van der Waals surface area contributed by atoms with Crippen molar-refractivity contribution in [3.05, 3.63) is 29.6 Å². The van der Waals surface area contributed by atoms with Crippen LogP contribution in [0.3, 0.4) is 0 Å². The van der Waals surface area contributed by atoms with Gasteiger partial charge >= 0.3 is 0 Å². The average Bonchev–Trinajstić information content (AvgIpc) is 3.15. The van der Waals surface area contributed by atoms with Crippen molar-refractivity contribution < 1.29 is 9.47 Å². The lowest BCUT2D eigenvalue weighted by Gasteiger charge is -2.36. The van der Waals surface area contributed by atoms with Crippen molar-refractivity contribution in [1.29, 1.82) is 0 Å². The molecular weight excluding hydrogens is 400 g/mol. The van der Waals surface area contributed by atoms with E-state index in [1.807, 2.05) is 12.1 Å². The van der Waals surface area contributed by atoms with E-state index in [9.17, 15) is 0 Å². The smallest absolute Gasteiger partial charge is 0.205 e. The Kier molecular flexibility index (Phi) is 6.88. The van der Waals surface area contributed by atoms with E-state index in [1.165, 1.54) is 11.5 Å². The van der Waals surface area contributed by atoms with Gasteiger partial charge in [-0.15, -0.1) is 0 Å². The highest BCUT2D eigenvalue weighted by atomic mass is 32.1. The Morgan fingerprint density at radius 2 is 1.93 bits per heavy atom. The molecule has 0 amide bonds. The number of nitrogens with zero attached hydrogens (tertiary/aromatic N) is 5. The van der Waals surface area contributed by atoms with Gasteiger partial charge in [0.05, 0.1) is 19.8 Å². The SMILES string of the molecule is CCNC(=NCc1ccc2c(c1)OCCCO2)N1CCN(c2nc(CC)ns2)CC1.